The van der Waals surface area contributed by atoms with Crippen LogP contribution < -0.4 is 10.5 Å². The van der Waals surface area contributed by atoms with Crippen LogP contribution in [0.15, 0.2) is 54.6 Å². The van der Waals surface area contributed by atoms with Crippen molar-refractivity contribution in [2.75, 3.05) is 19.7 Å². The van der Waals surface area contributed by atoms with Crippen molar-refractivity contribution in [3.63, 3.8) is 0 Å². The molecule has 0 atom stereocenters. The van der Waals surface area contributed by atoms with Crippen LogP contribution in [-0.4, -0.2) is 36.4 Å². The molecule has 26 heavy (non-hydrogen) atoms. The summed E-state index contributed by atoms with van der Waals surface area (Å²) in [6.07, 6.45) is 1.77. The molecule has 2 aromatic carbocycles. The maximum atomic E-state index is 12.6. The minimum Gasteiger partial charge on any atom is -0.484 e. The molecule has 2 N–H and O–H groups in total. The van der Waals surface area contributed by atoms with E-state index in [1.54, 1.807) is 4.90 Å². The number of aryl methyl sites for hydroxylation is 1. The Bertz CT molecular complexity index is 716. The Labute approximate surface area is 154 Å². The Balaban J connectivity index is 1.93. The molecule has 0 fully saturated rings. The van der Waals surface area contributed by atoms with Gasteiger partial charge in [-0.15, -0.1) is 0 Å². The van der Waals surface area contributed by atoms with Crippen LogP contribution in [0.25, 0.3) is 0 Å². The number of amides is 2. The largest absolute Gasteiger partial charge is 0.484 e. The first-order valence-corrected chi connectivity index (χ1v) is 8.90. The van der Waals surface area contributed by atoms with Crippen molar-refractivity contribution in [3.8, 4) is 5.75 Å². The number of carbonyl (C=O) groups is 2. The zero-order valence-corrected chi connectivity index (χ0v) is 15.2. The Morgan fingerprint density at radius 2 is 1.73 bits per heavy atom. The highest BCUT2D eigenvalue weighted by atomic mass is 16.5. The Morgan fingerprint density at radius 1 is 1.00 bits per heavy atom. The number of hydrogen-bond acceptors (Lipinski definition) is 3. The molecule has 0 spiro atoms. The van der Waals surface area contributed by atoms with Crippen molar-refractivity contribution in [1.29, 1.82) is 0 Å². The lowest BCUT2D eigenvalue weighted by Gasteiger charge is -2.22. The maximum absolute atomic E-state index is 12.6. The van der Waals surface area contributed by atoms with Crippen molar-refractivity contribution >= 4 is 11.8 Å². The summed E-state index contributed by atoms with van der Waals surface area (Å²) in [5.74, 6) is 0.110. The first kappa shape index (κ1) is 19.5. The molecule has 0 aliphatic rings. The smallest absolute Gasteiger partial charge is 0.260 e. The van der Waals surface area contributed by atoms with Crippen molar-refractivity contribution in [1.82, 2.24) is 4.90 Å². The van der Waals surface area contributed by atoms with Crippen LogP contribution >= 0.6 is 0 Å². The third kappa shape index (κ3) is 6.59. The SMILES string of the molecule is CCc1cccc(OCC(=O)N(CCC(N)=O)CCc2ccccc2)c1. The number of carbonyl (C=O) groups excluding carboxylic acids is 2. The van der Waals surface area contributed by atoms with E-state index in [1.165, 1.54) is 0 Å². The predicted octanol–water partition coefficient (Wildman–Crippen LogP) is 2.57. The van der Waals surface area contributed by atoms with Crippen LogP contribution in [0, 0.1) is 0 Å². The molecule has 0 bridgehead atoms. The van der Waals surface area contributed by atoms with Gasteiger partial charge in [0.05, 0.1) is 0 Å². The fourth-order valence-electron chi connectivity index (χ4n) is 2.61. The minimum atomic E-state index is -0.418. The van der Waals surface area contributed by atoms with E-state index in [1.807, 2.05) is 54.6 Å². The Kier molecular flexibility index (Phi) is 7.68. The second-order valence-corrected chi connectivity index (χ2v) is 6.12. The van der Waals surface area contributed by atoms with Crippen LogP contribution in [0.4, 0.5) is 0 Å². The van der Waals surface area contributed by atoms with Crippen LogP contribution in [0.1, 0.15) is 24.5 Å². The van der Waals surface area contributed by atoms with Crippen molar-refractivity contribution in [2.24, 2.45) is 5.73 Å². The summed E-state index contributed by atoms with van der Waals surface area (Å²) in [5, 5.41) is 0. The molecule has 0 aliphatic heterocycles. The summed E-state index contributed by atoms with van der Waals surface area (Å²) in [4.78, 5) is 25.3. The third-order valence-electron chi connectivity index (χ3n) is 4.16. The van der Waals surface area contributed by atoms with Crippen molar-refractivity contribution in [2.45, 2.75) is 26.2 Å². The van der Waals surface area contributed by atoms with Gasteiger partial charge in [0.1, 0.15) is 5.75 Å². The molecule has 138 valence electrons. The second kappa shape index (κ2) is 10.2. The molecule has 5 nitrogen and oxygen atoms in total. The summed E-state index contributed by atoms with van der Waals surface area (Å²) in [6.45, 7) is 2.84. The van der Waals surface area contributed by atoms with E-state index in [9.17, 15) is 9.59 Å². The van der Waals surface area contributed by atoms with Gasteiger partial charge in [-0.25, -0.2) is 0 Å². The highest BCUT2D eigenvalue weighted by Gasteiger charge is 2.15. The molecule has 0 radical (unpaired) electrons. The molecule has 2 rings (SSSR count). The summed E-state index contributed by atoms with van der Waals surface area (Å²) < 4.78 is 5.64. The average molecular weight is 354 g/mol. The topological polar surface area (TPSA) is 72.6 Å². The van der Waals surface area contributed by atoms with E-state index < -0.39 is 5.91 Å². The van der Waals surface area contributed by atoms with Gasteiger partial charge in [0.15, 0.2) is 6.61 Å². The van der Waals surface area contributed by atoms with Crippen LogP contribution in [0.2, 0.25) is 0 Å². The fraction of sp³-hybridized carbons (Fsp3) is 0.333. The van der Waals surface area contributed by atoms with Crippen LogP contribution in [0.5, 0.6) is 5.75 Å². The second-order valence-electron chi connectivity index (χ2n) is 6.12. The molecule has 0 saturated carbocycles. The summed E-state index contributed by atoms with van der Waals surface area (Å²) in [7, 11) is 0. The van der Waals surface area contributed by atoms with Crippen molar-refractivity contribution < 1.29 is 14.3 Å². The van der Waals surface area contributed by atoms with Gasteiger partial charge < -0.3 is 15.4 Å². The van der Waals surface area contributed by atoms with E-state index in [0.717, 1.165) is 24.0 Å². The lowest BCUT2D eigenvalue weighted by Crippen LogP contribution is -2.38. The fourth-order valence-corrected chi connectivity index (χ4v) is 2.61. The van der Waals surface area contributed by atoms with E-state index in [-0.39, 0.29) is 18.9 Å². The zero-order chi connectivity index (χ0) is 18.8. The lowest BCUT2D eigenvalue weighted by molar-refractivity contribution is -0.133. The maximum Gasteiger partial charge on any atom is 0.260 e. The Morgan fingerprint density at radius 3 is 2.42 bits per heavy atom. The molecule has 0 aliphatic carbocycles. The number of nitrogens with two attached hydrogens (primary N) is 1. The minimum absolute atomic E-state index is 0.0548. The highest BCUT2D eigenvalue weighted by molar-refractivity contribution is 5.79. The molecule has 0 unspecified atom stereocenters. The summed E-state index contributed by atoms with van der Waals surface area (Å²) in [5.41, 5.74) is 7.53. The first-order chi connectivity index (χ1) is 12.6. The lowest BCUT2D eigenvalue weighted by atomic mass is 10.1. The molecular weight excluding hydrogens is 328 g/mol. The number of rotatable bonds is 10. The normalized spacial score (nSPS) is 10.3. The van der Waals surface area contributed by atoms with Gasteiger partial charge in [0.2, 0.25) is 5.91 Å². The zero-order valence-electron chi connectivity index (χ0n) is 15.2. The molecule has 2 amide bonds. The quantitative estimate of drug-likeness (QED) is 0.713. The van der Waals surface area contributed by atoms with Crippen LogP contribution in [-0.2, 0) is 22.4 Å². The molecule has 5 heteroatoms. The molecule has 2 aromatic rings. The monoisotopic (exact) mass is 354 g/mol. The van der Waals surface area contributed by atoms with E-state index in [4.69, 9.17) is 10.5 Å². The van der Waals surface area contributed by atoms with Gasteiger partial charge in [0, 0.05) is 19.5 Å². The number of ether oxygens (including phenoxy) is 1. The summed E-state index contributed by atoms with van der Waals surface area (Å²) >= 11 is 0. The third-order valence-corrected chi connectivity index (χ3v) is 4.16. The molecule has 0 aromatic heterocycles. The van der Waals surface area contributed by atoms with Gasteiger partial charge in [-0.3, -0.25) is 9.59 Å². The van der Waals surface area contributed by atoms with Gasteiger partial charge in [-0.05, 0) is 36.1 Å². The van der Waals surface area contributed by atoms with E-state index >= 15 is 0 Å². The first-order valence-electron chi connectivity index (χ1n) is 8.90. The van der Waals surface area contributed by atoms with E-state index in [0.29, 0.717) is 18.8 Å². The van der Waals surface area contributed by atoms with Crippen LogP contribution in [0.3, 0.4) is 0 Å². The number of benzene rings is 2. The number of nitrogens with zero attached hydrogens (tertiary/aromatic N) is 1. The van der Waals surface area contributed by atoms with Gasteiger partial charge in [0.25, 0.3) is 5.91 Å². The van der Waals surface area contributed by atoms with Gasteiger partial charge in [-0.2, -0.15) is 0 Å². The molecular formula is C21H26N2O3. The number of primary amides is 1. The predicted molar refractivity (Wildman–Crippen MR) is 102 cm³/mol. The summed E-state index contributed by atoms with van der Waals surface area (Å²) in [6, 6.07) is 17.6. The highest BCUT2D eigenvalue weighted by Crippen LogP contribution is 2.14. The molecule has 0 saturated heterocycles. The standard InChI is InChI=1S/C21H26N2O3/c1-2-17-9-6-10-19(15-17)26-16-21(25)23(14-12-20(22)24)13-11-18-7-4-3-5-8-18/h3-10,15H,2,11-14,16H2,1H3,(H2,22,24). The van der Waals surface area contributed by atoms with E-state index in [2.05, 4.69) is 6.92 Å². The van der Waals surface area contributed by atoms with Gasteiger partial charge in [-0.1, -0.05) is 49.4 Å². The Hall–Kier alpha value is -2.82. The average Bonchev–Trinajstić information content (AvgIpc) is 2.67. The molecule has 0 heterocycles. The number of hydrogen-bond donors (Lipinski definition) is 1. The van der Waals surface area contributed by atoms with Crippen molar-refractivity contribution in [3.05, 3.63) is 65.7 Å². The van der Waals surface area contributed by atoms with Gasteiger partial charge >= 0.3 is 0 Å².